The van der Waals surface area contributed by atoms with Gasteiger partial charge < -0.3 is 15.2 Å². The van der Waals surface area contributed by atoms with Crippen molar-refractivity contribution >= 4 is 35.1 Å². The van der Waals surface area contributed by atoms with E-state index in [1.165, 1.54) is 6.07 Å². The van der Waals surface area contributed by atoms with Crippen LogP contribution in [-0.2, 0) is 0 Å². The molecule has 2 aliphatic carbocycles. The number of hydrogen-bond donors (Lipinski definition) is 2. The van der Waals surface area contributed by atoms with Crippen LogP contribution in [0.1, 0.15) is 40.5 Å². The zero-order chi connectivity index (χ0) is 20.7. The van der Waals surface area contributed by atoms with Crippen LogP contribution in [0.5, 0.6) is 5.75 Å². The first-order valence-corrected chi connectivity index (χ1v) is 10.3. The van der Waals surface area contributed by atoms with Crippen LogP contribution in [0, 0.1) is 17.8 Å². The van der Waals surface area contributed by atoms with Crippen LogP contribution in [0.4, 0.5) is 0 Å². The molecule has 1 amide bonds. The molecule has 2 fully saturated rings. The Labute approximate surface area is 179 Å². The molecule has 2 aliphatic rings. The van der Waals surface area contributed by atoms with E-state index in [9.17, 15) is 14.7 Å². The zero-order valence-electron chi connectivity index (χ0n) is 15.8. The van der Waals surface area contributed by atoms with Gasteiger partial charge in [-0.2, -0.15) is 0 Å². The molecule has 0 aromatic heterocycles. The van der Waals surface area contributed by atoms with Crippen LogP contribution in [0.2, 0.25) is 10.0 Å². The van der Waals surface area contributed by atoms with E-state index in [4.69, 9.17) is 27.9 Å². The Morgan fingerprint density at radius 1 is 1.07 bits per heavy atom. The normalized spacial score (nSPS) is 25.8. The molecule has 2 unspecified atom stereocenters. The number of hydrogen-bond acceptors (Lipinski definition) is 3. The van der Waals surface area contributed by atoms with Crippen LogP contribution in [-0.4, -0.2) is 29.1 Å². The van der Waals surface area contributed by atoms with Crippen LogP contribution in [0.3, 0.4) is 0 Å². The number of benzene rings is 2. The van der Waals surface area contributed by atoms with Gasteiger partial charge in [0.1, 0.15) is 11.3 Å². The summed E-state index contributed by atoms with van der Waals surface area (Å²) in [7, 11) is 0. The van der Waals surface area contributed by atoms with Gasteiger partial charge in [-0.15, -0.1) is 0 Å². The lowest BCUT2D eigenvalue weighted by Gasteiger charge is -2.21. The van der Waals surface area contributed by atoms with Gasteiger partial charge in [0.15, 0.2) is 0 Å². The molecule has 5 atom stereocenters. The third-order valence-electron chi connectivity index (χ3n) is 5.98. The van der Waals surface area contributed by atoms with E-state index >= 15 is 0 Å². The Balaban J connectivity index is 1.32. The summed E-state index contributed by atoms with van der Waals surface area (Å²) in [4.78, 5) is 23.8. The van der Waals surface area contributed by atoms with Gasteiger partial charge in [-0.1, -0.05) is 23.2 Å². The van der Waals surface area contributed by atoms with Gasteiger partial charge in [-0.3, -0.25) is 4.79 Å². The smallest absolute Gasteiger partial charge is 0.339 e. The average Bonchev–Trinajstić information content (AvgIpc) is 3.18. The fourth-order valence-electron chi connectivity index (χ4n) is 4.62. The first-order valence-electron chi connectivity index (χ1n) is 9.59. The van der Waals surface area contributed by atoms with E-state index in [0.717, 1.165) is 12.8 Å². The summed E-state index contributed by atoms with van der Waals surface area (Å²) in [5.74, 6) is 0.565. The highest BCUT2D eigenvalue weighted by atomic mass is 35.5. The Morgan fingerprint density at radius 3 is 2.31 bits per heavy atom. The number of carboxylic acids is 1. The van der Waals surface area contributed by atoms with E-state index in [0.29, 0.717) is 39.1 Å². The van der Waals surface area contributed by atoms with E-state index in [1.54, 1.807) is 36.4 Å². The van der Waals surface area contributed by atoms with Gasteiger partial charge in [0.05, 0.1) is 6.10 Å². The van der Waals surface area contributed by atoms with Gasteiger partial charge in [0.2, 0.25) is 0 Å². The molecule has 2 aromatic carbocycles. The predicted molar refractivity (Wildman–Crippen MR) is 111 cm³/mol. The minimum absolute atomic E-state index is 0.0306. The van der Waals surface area contributed by atoms with Crippen LogP contribution in [0.15, 0.2) is 42.5 Å². The molecule has 0 heterocycles. The van der Waals surface area contributed by atoms with Gasteiger partial charge in [-0.05, 0) is 80.0 Å². The van der Waals surface area contributed by atoms with Crippen molar-refractivity contribution in [3.05, 3.63) is 63.6 Å². The van der Waals surface area contributed by atoms with Gasteiger partial charge >= 0.3 is 5.97 Å². The number of fused-ring (bicyclic) bond motifs is 1. The van der Waals surface area contributed by atoms with Crippen molar-refractivity contribution in [3.63, 3.8) is 0 Å². The number of ether oxygens (including phenoxy) is 1. The molecule has 2 N–H and O–H groups in total. The summed E-state index contributed by atoms with van der Waals surface area (Å²) < 4.78 is 5.97. The molecule has 2 saturated carbocycles. The highest BCUT2D eigenvalue weighted by Crippen LogP contribution is 2.59. The second-order valence-corrected chi connectivity index (χ2v) is 8.70. The standard InChI is InChI=1S/C22H21Cl2NO4/c1-11(25-21(26)12-2-4-13(23)5-3-12)20-17-9-15(10-18(17)20)29-19-8-14(24)6-7-16(19)22(27)28/h2-8,11,15,17-18,20H,9-10H2,1H3,(H,25,26)(H,27,28)/t11-,15?,17-,18+,20?/m1/s1. The molecular formula is C22H21Cl2NO4. The number of carbonyl (C=O) groups excluding carboxylic acids is 1. The second-order valence-electron chi connectivity index (χ2n) is 7.83. The number of carboxylic acid groups (broad SMARTS) is 1. The number of halogens is 2. The lowest BCUT2D eigenvalue weighted by molar-refractivity contribution is 0.0688. The molecule has 0 spiro atoms. The van der Waals surface area contributed by atoms with E-state index in [1.807, 2.05) is 6.92 Å². The fourth-order valence-corrected chi connectivity index (χ4v) is 4.91. The minimum Gasteiger partial charge on any atom is -0.489 e. The first kappa shape index (κ1) is 20.0. The number of amides is 1. The van der Waals surface area contributed by atoms with Crippen molar-refractivity contribution in [1.29, 1.82) is 0 Å². The average molecular weight is 434 g/mol. The Kier molecular flexibility index (Phi) is 5.45. The minimum atomic E-state index is -1.03. The van der Waals surface area contributed by atoms with E-state index in [2.05, 4.69) is 5.32 Å². The highest BCUT2D eigenvalue weighted by molar-refractivity contribution is 6.31. The fraction of sp³-hybridized carbons (Fsp3) is 0.364. The second kappa shape index (κ2) is 7.88. The van der Waals surface area contributed by atoms with Crippen molar-refractivity contribution < 1.29 is 19.4 Å². The lowest BCUT2D eigenvalue weighted by Crippen LogP contribution is -2.36. The van der Waals surface area contributed by atoms with Gasteiger partial charge in [0, 0.05) is 21.7 Å². The molecule has 7 heteroatoms. The van der Waals surface area contributed by atoms with Crippen LogP contribution >= 0.6 is 23.2 Å². The van der Waals surface area contributed by atoms with E-state index < -0.39 is 5.97 Å². The molecule has 2 aromatic rings. The molecular weight excluding hydrogens is 413 g/mol. The summed E-state index contributed by atoms with van der Waals surface area (Å²) in [5.41, 5.74) is 0.713. The Hall–Kier alpha value is -2.24. The molecule has 0 radical (unpaired) electrons. The highest BCUT2D eigenvalue weighted by Gasteiger charge is 2.58. The van der Waals surface area contributed by atoms with Crippen molar-refractivity contribution in [2.75, 3.05) is 0 Å². The third-order valence-corrected chi connectivity index (χ3v) is 6.47. The molecule has 0 aliphatic heterocycles. The third kappa shape index (κ3) is 4.21. The summed E-state index contributed by atoms with van der Waals surface area (Å²) in [6.07, 6.45) is 1.67. The largest absolute Gasteiger partial charge is 0.489 e. The Morgan fingerprint density at radius 2 is 1.69 bits per heavy atom. The van der Waals surface area contributed by atoms with Crippen molar-refractivity contribution in [3.8, 4) is 5.75 Å². The van der Waals surface area contributed by atoms with Crippen molar-refractivity contribution in [2.45, 2.75) is 31.9 Å². The van der Waals surface area contributed by atoms with E-state index in [-0.39, 0.29) is 23.6 Å². The van der Waals surface area contributed by atoms with Gasteiger partial charge in [-0.25, -0.2) is 4.79 Å². The summed E-state index contributed by atoms with van der Waals surface area (Å²) >= 11 is 11.9. The molecule has 4 rings (SSSR count). The predicted octanol–water partition coefficient (Wildman–Crippen LogP) is 4.91. The topological polar surface area (TPSA) is 75.6 Å². The maximum absolute atomic E-state index is 12.4. The maximum atomic E-state index is 12.4. The Bertz CT molecular complexity index is 934. The van der Waals surface area contributed by atoms with Crippen LogP contribution in [0.25, 0.3) is 0 Å². The molecule has 29 heavy (non-hydrogen) atoms. The quantitative estimate of drug-likeness (QED) is 0.677. The lowest BCUT2D eigenvalue weighted by atomic mass is 10.0. The number of carbonyl (C=O) groups is 2. The van der Waals surface area contributed by atoms with Gasteiger partial charge in [0.25, 0.3) is 5.91 Å². The maximum Gasteiger partial charge on any atom is 0.339 e. The zero-order valence-corrected chi connectivity index (χ0v) is 17.3. The summed E-state index contributed by atoms with van der Waals surface area (Å²) in [6, 6.07) is 11.5. The monoisotopic (exact) mass is 433 g/mol. The molecule has 152 valence electrons. The summed E-state index contributed by atoms with van der Waals surface area (Å²) in [6.45, 7) is 2.03. The van der Waals surface area contributed by atoms with Crippen molar-refractivity contribution in [1.82, 2.24) is 5.32 Å². The first-order chi connectivity index (χ1) is 13.8. The molecule has 5 nitrogen and oxygen atoms in total. The number of nitrogens with one attached hydrogen (secondary N) is 1. The molecule has 0 saturated heterocycles. The number of rotatable bonds is 6. The number of aromatic carboxylic acids is 1. The van der Waals surface area contributed by atoms with Crippen LogP contribution < -0.4 is 10.1 Å². The SMILES string of the molecule is C[C@@H](NC(=O)c1ccc(Cl)cc1)C1[C@H]2CC(Oc3cc(Cl)ccc3C(=O)O)C[C@@H]12. The summed E-state index contributed by atoms with van der Waals surface area (Å²) in [5, 5.41) is 13.5. The molecule has 0 bridgehead atoms. The van der Waals surface area contributed by atoms with Crippen molar-refractivity contribution in [2.24, 2.45) is 17.8 Å².